The molecule has 0 aromatic carbocycles. The minimum Gasteiger partial charge on any atom is -0.469 e. The van der Waals surface area contributed by atoms with Gasteiger partial charge in [0.05, 0.1) is 13.0 Å². The van der Waals surface area contributed by atoms with E-state index in [1.54, 1.807) is 33.0 Å². The number of amides is 1. The first-order chi connectivity index (χ1) is 7.95. The maximum atomic E-state index is 11.9. The SMILES string of the molecule is COC(=O)C(C)CN(C)C(=O)c1ccc(C)o1. The summed E-state index contributed by atoms with van der Waals surface area (Å²) < 4.78 is 9.83. The fourth-order valence-corrected chi connectivity index (χ4v) is 1.51. The highest BCUT2D eigenvalue weighted by molar-refractivity contribution is 5.91. The van der Waals surface area contributed by atoms with Crippen molar-refractivity contribution in [3.05, 3.63) is 23.7 Å². The molecule has 1 unspecified atom stereocenters. The second-order valence-electron chi connectivity index (χ2n) is 4.02. The summed E-state index contributed by atoms with van der Waals surface area (Å²) in [6, 6.07) is 3.35. The van der Waals surface area contributed by atoms with Crippen molar-refractivity contribution in [3.8, 4) is 0 Å². The fourth-order valence-electron chi connectivity index (χ4n) is 1.51. The second kappa shape index (κ2) is 5.52. The Labute approximate surface area is 100 Å². The van der Waals surface area contributed by atoms with E-state index in [4.69, 9.17) is 4.42 Å². The van der Waals surface area contributed by atoms with Gasteiger partial charge in [0.1, 0.15) is 5.76 Å². The van der Waals surface area contributed by atoms with E-state index in [1.807, 2.05) is 0 Å². The summed E-state index contributed by atoms with van der Waals surface area (Å²) in [5.74, 6) is 0.0315. The molecule has 1 amide bonds. The predicted molar refractivity (Wildman–Crippen MR) is 61.6 cm³/mol. The Morgan fingerprint density at radius 1 is 1.47 bits per heavy atom. The molecule has 0 aliphatic carbocycles. The van der Waals surface area contributed by atoms with Crippen LogP contribution in [-0.2, 0) is 9.53 Å². The van der Waals surface area contributed by atoms with Gasteiger partial charge in [-0.05, 0) is 19.1 Å². The summed E-state index contributed by atoms with van der Waals surface area (Å²) in [5, 5.41) is 0. The van der Waals surface area contributed by atoms with Crippen molar-refractivity contribution >= 4 is 11.9 Å². The summed E-state index contributed by atoms with van der Waals surface area (Å²) in [7, 11) is 2.95. The molecule has 0 N–H and O–H groups in total. The number of furan rings is 1. The lowest BCUT2D eigenvalue weighted by Crippen LogP contribution is -2.33. The number of carbonyl (C=O) groups excluding carboxylic acids is 2. The molecular formula is C12H17NO4. The number of hydrogen-bond donors (Lipinski definition) is 0. The van der Waals surface area contributed by atoms with Crippen LogP contribution in [0.25, 0.3) is 0 Å². The van der Waals surface area contributed by atoms with Crippen molar-refractivity contribution in [2.45, 2.75) is 13.8 Å². The first-order valence-electron chi connectivity index (χ1n) is 5.35. The van der Waals surface area contributed by atoms with Crippen molar-refractivity contribution in [3.63, 3.8) is 0 Å². The molecule has 5 heteroatoms. The predicted octanol–water partition coefficient (Wildman–Crippen LogP) is 1.47. The third-order valence-corrected chi connectivity index (χ3v) is 2.45. The standard InChI is InChI=1S/C12H17NO4/c1-8(12(15)16-4)7-13(3)11(14)10-6-5-9(2)17-10/h5-6,8H,7H2,1-4H3. The molecule has 1 atom stereocenters. The molecule has 1 aromatic rings. The van der Waals surface area contributed by atoms with Gasteiger partial charge in [-0.2, -0.15) is 0 Å². The lowest BCUT2D eigenvalue weighted by molar-refractivity contribution is -0.145. The summed E-state index contributed by atoms with van der Waals surface area (Å²) in [6.07, 6.45) is 0. The van der Waals surface area contributed by atoms with Crippen LogP contribution in [-0.4, -0.2) is 37.5 Å². The van der Waals surface area contributed by atoms with E-state index in [2.05, 4.69) is 4.74 Å². The number of esters is 1. The normalized spacial score (nSPS) is 12.0. The van der Waals surface area contributed by atoms with Crippen LogP contribution in [0.5, 0.6) is 0 Å². The molecule has 0 bridgehead atoms. The van der Waals surface area contributed by atoms with Gasteiger partial charge < -0.3 is 14.1 Å². The van der Waals surface area contributed by atoms with Gasteiger partial charge in [0, 0.05) is 13.6 Å². The van der Waals surface area contributed by atoms with Crippen molar-refractivity contribution in [2.24, 2.45) is 5.92 Å². The van der Waals surface area contributed by atoms with Crippen LogP contribution in [0.2, 0.25) is 0 Å². The highest BCUT2D eigenvalue weighted by Gasteiger charge is 2.21. The third-order valence-electron chi connectivity index (χ3n) is 2.45. The van der Waals surface area contributed by atoms with E-state index in [0.717, 1.165) is 0 Å². The smallest absolute Gasteiger partial charge is 0.310 e. The van der Waals surface area contributed by atoms with Gasteiger partial charge in [-0.25, -0.2) is 0 Å². The summed E-state index contributed by atoms with van der Waals surface area (Å²) >= 11 is 0. The number of aryl methyl sites for hydroxylation is 1. The van der Waals surface area contributed by atoms with Crippen LogP contribution in [0.3, 0.4) is 0 Å². The number of carbonyl (C=O) groups is 2. The minimum atomic E-state index is -0.356. The molecule has 0 aliphatic rings. The Morgan fingerprint density at radius 3 is 2.59 bits per heavy atom. The Morgan fingerprint density at radius 2 is 2.12 bits per heavy atom. The number of hydrogen-bond acceptors (Lipinski definition) is 4. The molecule has 1 rings (SSSR count). The van der Waals surface area contributed by atoms with E-state index in [9.17, 15) is 9.59 Å². The number of nitrogens with zero attached hydrogens (tertiary/aromatic N) is 1. The van der Waals surface area contributed by atoms with E-state index in [1.165, 1.54) is 12.0 Å². The Balaban J connectivity index is 2.62. The molecule has 1 heterocycles. The zero-order chi connectivity index (χ0) is 13.0. The van der Waals surface area contributed by atoms with Gasteiger partial charge in [0.25, 0.3) is 5.91 Å². The van der Waals surface area contributed by atoms with Crippen LogP contribution in [0.4, 0.5) is 0 Å². The second-order valence-corrected chi connectivity index (χ2v) is 4.02. The monoisotopic (exact) mass is 239 g/mol. The van der Waals surface area contributed by atoms with E-state index >= 15 is 0 Å². The molecule has 0 fully saturated rings. The van der Waals surface area contributed by atoms with Crippen LogP contribution >= 0.6 is 0 Å². The largest absolute Gasteiger partial charge is 0.469 e. The molecule has 94 valence electrons. The van der Waals surface area contributed by atoms with E-state index in [-0.39, 0.29) is 23.6 Å². The van der Waals surface area contributed by atoms with Crippen LogP contribution in [0.1, 0.15) is 23.2 Å². The van der Waals surface area contributed by atoms with Gasteiger partial charge >= 0.3 is 5.97 Å². The van der Waals surface area contributed by atoms with Crippen LogP contribution in [0.15, 0.2) is 16.5 Å². The molecule has 1 aromatic heterocycles. The maximum absolute atomic E-state index is 11.9. The van der Waals surface area contributed by atoms with Gasteiger partial charge in [-0.3, -0.25) is 9.59 Å². The minimum absolute atomic E-state index is 0.242. The zero-order valence-corrected chi connectivity index (χ0v) is 10.5. The van der Waals surface area contributed by atoms with Crippen molar-refractivity contribution < 1.29 is 18.7 Å². The van der Waals surface area contributed by atoms with E-state index in [0.29, 0.717) is 12.3 Å². The molecule has 0 saturated heterocycles. The molecule has 0 aliphatic heterocycles. The van der Waals surface area contributed by atoms with Gasteiger partial charge in [0.2, 0.25) is 0 Å². The highest BCUT2D eigenvalue weighted by Crippen LogP contribution is 2.10. The average molecular weight is 239 g/mol. The lowest BCUT2D eigenvalue weighted by Gasteiger charge is -2.19. The van der Waals surface area contributed by atoms with Gasteiger partial charge in [0.15, 0.2) is 5.76 Å². The lowest BCUT2D eigenvalue weighted by atomic mass is 10.1. The molecule has 5 nitrogen and oxygen atoms in total. The van der Waals surface area contributed by atoms with Crippen molar-refractivity contribution in [2.75, 3.05) is 20.7 Å². The first-order valence-corrected chi connectivity index (χ1v) is 5.35. The van der Waals surface area contributed by atoms with Crippen molar-refractivity contribution in [1.29, 1.82) is 0 Å². The Hall–Kier alpha value is -1.78. The molecule has 0 saturated carbocycles. The zero-order valence-electron chi connectivity index (χ0n) is 10.5. The number of methoxy groups -OCH3 is 1. The molecule has 17 heavy (non-hydrogen) atoms. The number of rotatable bonds is 4. The van der Waals surface area contributed by atoms with Crippen LogP contribution < -0.4 is 0 Å². The fraction of sp³-hybridized carbons (Fsp3) is 0.500. The third kappa shape index (κ3) is 3.34. The topological polar surface area (TPSA) is 59.8 Å². The van der Waals surface area contributed by atoms with Crippen LogP contribution in [0, 0.1) is 12.8 Å². The Kier molecular flexibility index (Phi) is 4.31. The van der Waals surface area contributed by atoms with Gasteiger partial charge in [-0.15, -0.1) is 0 Å². The van der Waals surface area contributed by atoms with Crippen molar-refractivity contribution in [1.82, 2.24) is 4.90 Å². The number of ether oxygens (including phenoxy) is 1. The maximum Gasteiger partial charge on any atom is 0.310 e. The highest BCUT2D eigenvalue weighted by atomic mass is 16.5. The Bertz CT molecular complexity index is 410. The molecular weight excluding hydrogens is 222 g/mol. The summed E-state index contributed by atoms with van der Waals surface area (Å²) in [5.41, 5.74) is 0. The van der Waals surface area contributed by atoms with Gasteiger partial charge in [-0.1, -0.05) is 6.92 Å². The quantitative estimate of drug-likeness (QED) is 0.746. The summed E-state index contributed by atoms with van der Waals surface area (Å²) in [4.78, 5) is 24.6. The summed E-state index contributed by atoms with van der Waals surface area (Å²) in [6.45, 7) is 3.78. The molecule has 0 radical (unpaired) electrons. The average Bonchev–Trinajstić information content (AvgIpc) is 2.73. The first kappa shape index (κ1) is 13.3. The molecule has 0 spiro atoms. The van der Waals surface area contributed by atoms with E-state index < -0.39 is 0 Å².